The molecule has 0 aromatic rings. The van der Waals surface area contributed by atoms with Crippen LogP contribution in [0.5, 0.6) is 0 Å². The van der Waals surface area contributed by atoms with Crippen LogP contribution in [0.1, 0.15) is 278 Å². The van der Waals surface area contributed by atoms with Gasteiger partial charge in [0.2, 0.25) is 41.4 Å². The van der Waals surface area contributed by atoms with Crippen LogP contribution in [-0.4, -0.2) is 192 Å². The van der Waals surface area contributed by atoms with E-state index in [1.54, 1.807) is 0 Å². The largest absolute Gasteiger partial charge is 0.480 e. The van der Waals surface area contributed by atoms with Crippen molar-refractivity contribution in [2.75, 3.05) is 59.1 Å². The molecule has 30 heteroatoms. The van der Waals surface area contributed by atoms with E-state index in [9.17, 15) is 67.6 Å². The summed E-state index contributed by atoms with van der Waals surface area (Å²) in [6.45, 7) is 4.19. The summed E-state index contributed by atoms with van der Waals surface area (Å²) in [5.41, 5.74) is 11.0. The van der Waals surface area contributed by atoms with Crippen LogP contribution in [0.2, 0.25) is 0 Å². The first-order valence-corrected chi connectivity index (χ1v) is 39.2. The summed E-state index contributed by atoms with van der Waals surface area (Å²) in [4.78, 5) is 145. The van der Waals surface area contributed by atoms with Gasteiger partial charge in [0.1, 0.15) is 36.8 Å². The number of amides is 7. The number of aliphatic carboxylic acids is 1. The van der Waals surface area contributed by atoms with Crippen molar-refractivity contribution in [3.8, 4) is 0 Å². The van der Waals surface area contributed by atoms with Gasteiger partial charge in [0.05, 0.1) is 25.9 Å². The smallest absolute Gasteiger partial charge is 0.472 e. The number of hydrogen-bond acceptors (Lipinski definition) is 18. The van der Waals surface area contributed by atoms with Gasteiger partial charge < -0.3 is 77.7 Å². The third-order valence-corrected chi connectivity index (χ3v) is 18.9. The number of nitrogens with two attached hydrogens (primary N) is 2. The van der Waals surface area contributed by atoms with Crippen LogP contribution in [0.4, 0.5) is 0 Å². The van der Waals surface area contributed by atoms with E-state index in [-0.39, 0.29) is 109 Å². The van der Waals surface area contributed by atoms with Crippen molar-refractivity contribution < 1.29 is 86.1 Å². The van der Waals surface area contributed by atoms with Gasteiger partial charge in [-0.3, -0.25) is 57.6 Å². The molecule has 2 saturated heterocycles. The highest BCUT2D eigenvalue weighted by Gasteiger charge is 2.44. The van der Waals surface area contributed by atoms with E-state index in [2.05, 4.69) is 45.7 Å². The number of unbranched alkanes of at least 4 members (excludes halogenated alkanes) is 25. The van der Waals surface area contributed by atoms with E-state index in [4.69, 9.17) is 35.4 Å². The number of nitrogens with zero attached hydrogens (tertiary/aromatic N) is 2. The fourth-order valence-electron chi connectivity index (χ4n) is 12.2. The number of carbonyl (C=O) groups is 10. The number of carboxylic acids is 1. The van der Waals surface area contributed by atoms with Crippen molar-refractivity contribution in [2.24, 2.45) is 11.5 Å². The minimum atomic E-state index is -4.77. The normalized spacial score (nSPS) is 16.5. The van der Waals surface area contributed by atoms with Crippen molar-refractivity contribution >= 4 is 73.0 Å². The maximum atomic E-state index is 14.3. The number of phosphoric acid groups is 1. The number of aliphatic hydroxyl groups is 1. The van der Waals surface area contributed by atoms with Gasteiger partial charge in [0.25, 0.3) is 0 Å². The van der Waals surface area contributed by atoms with Crippen LogP contribution < -0.4 is 43.4 Å². The first-order valence-electron chi connectivity index (χ1n) is 37.7. The van der Waals surface area contributed by atoms with Crippen LogP contribution in [0, 0.1) is 5.41 Å². The van der Waals surface area contributed by atoms with Crippen molar-refractivity contribution in [3.63, 3.8) is 0 Å². The molecule has 2 heterocycles. The van der Waals surface area contributed by atoms with Crippen LogP contribution in [0.25, 0.3) is 0 Å². The van der Waals surface area contributed by atoms with Gasteiger partial charge in [-0.1, -0.05) is 168 Å². The van der Waals surface area contributed by atoms with Crippen molar-refractivity contribution in [1.29, 1.82) is 5.41 Å². The molecule has 576 valence electrons. The monoisotopic (exact) mass is 1440 g/mol. The number of nitrogens with one attached hydrogen (secondary N) is 7. The molecule has 29 nitrogen and oxygen atoms in total. The molecule has 0 radical (unpaired) electrons. The number of ether oxygens (including phenoxy) is 2. The van der Waals surface area contributed by atoms with Crippen molar-refractivity contribution in [3.05, 3.63) is 0 Å². The molecular formula is C70H128N11O18P. The molecule has 0 aromatic carbocycles. The lowest BCUT2D eigenvalue weighted by molar-refractivity contribution is -0.161. The molecule has 8 atom stereocenters. The maximum Gasteiger partial charge on any atom is 0.472 e. The van der Waals surface area contributed by atoms with Gasteiger partial charge >= 0.3 is 25.7 Å². The standard InChI is InChI=1S/C70H128N11O18P/c1-4-6-8-10-12-14-16-18-20-22-24-26-28-42-62(86)96-51-54(99-63(87)43-29-27-25-23-21-19-17-15-13-11-9-7-5-2)52-98-100(94,95)97-49-46-74-59(83)40-32-41-60(84)76-50-61(85)79-64(53(3)82)66(89)77-55(36-30-31-44-71)67(90)81-48-35-39-58(81)68(91)80-47-34-38-57(80)65(88)78-56(69(92)93)37-33-45-75-70(72)73/h53-58,64,82H,4-52,71H2,1-3H3,(H,74,83)(H,76,84)(H,77,89)(H,78,88)(H,79,85)(H,92,93)(H,94,95)(H4,72,73,75). The number of esters is 2. The second-order valence-electron chi connectivity index (χ2n) is 26.8. The van der Waals surface area contributed by atoms with E-state index in [0.717, 1.165) is 44.9 Å². The average Bonchev–Trinajstić information content (AvgIpc) is 1.63. The third-order valence-electron chi connectivity index (χ3n) is 18.0. The minimum Gasteiger partial charge on any atom is -0.480 e. The lowest BCUT2D eigenvalue weighted by Crippen LogP contribution is -2.60. The number of carboxylic acid groups (broad SMARTS) is 1. The molecule has 100 heavy (non-hydrogen) atoms. The zero-order valence-corrected chi connectivity index (χ0v) is 61.5. The molecule has 0 saturated carbocycles. The summed E-state index contributed by atoms with van der Waals surface area (Å²) in [5, 5.41) is 42.8. The minimum absolute atomic E-state index is 0.0249. The summed E-state index contributed by atoms with van der Waals surface area (Å²) >= 11 is 0. The van der Waals surface area contributed by atoms with E-state index in [1.165, 1.54) is 126 Å². The van der Waals surface area contributed by atoms with Crippen LogP contribution in [-0.2, 0) is 71.0 Å². The molecule has 2 aliphatic heterocycles. The molecule has 7 amide bonds. The van der Waals surface area contributed by atoms with Gasteiger partial charge in [-0.15, -0.1) is 0 Å². The zero-order chi connectivity index (χ0) is 73.8. The van der Waals surface area contributed by atoms with E-state index in [0.29, 0.717) is 38.5 Å². The highest BCUT2D eigenvalue weighted by atomic mass is 31.2. The molecule has 0 aliphatic carbocycles. The number of guanidine groups is 1. The van der Waals surface area contributed by atoms with Gasteiger partial charge in [-0.2, -0.15) is 0 Å². The predicted molar refractivity (Wildman–Crippen MR) is 380 cm³/mol. The Hall–Kier alpha value is -6.00. The highest BCUT2D eigenvalue weighted by molar-refractivity contribution is 7.47. The van der Waals surface area contributed by atoms with Crippen molar-refractivity contribution in [1.82, 2.24) is 41.7 Å². The second-order valence-corrected chi connectivity index (χ2v) is 28.2. The van der Waals surface area contributed by atoms with E-state index < -0.39 is 129 Å². The first-order chi connectivity index (χ1) is 48.0. The summed E-state index contributed by atoms with van der Waals surface area (Å²) in [6, 6.07) is -6.11. The fourth-order valence-corrected chi connectivity index (χ4v) is 13.0. The number of rotatable bonds is 61. The van der Waals surface area contributed by atoms with Crippen molar-refractivity contribution in [2.45, 2.75) is 320 Å². The number of aliphatic hydroxyl groups excluding tert-OH is 1. The summed E-state index contributed by atoms with van der Waals surface area (Å²) < 4.78 is 34.2. The Balaban J connectivity index is 1.85. The van der Waals surface area contributed by atoms with Crippen LogP contribution in [0.3, 0.4) is 0 Å². The van der Waals surface area contributed by atoms with Gasteiger partial charge in [0, 0.05) is 51.9 Å². The van der Waals surface area contributed by atoms with Crippen LogP contribution in [0.15, 0.2) is 0 Å². The molecule has 14 N–H and O–H groups in total. The van der Waals surface area contributed by atoms with Gasteiger partial charge in [-0.05, 0) is 90.5 Å². The first kappa shape index (κ1) is 90.1. The molecule has 0 spiro atoms. The Morgan fingerprint density at radius 1 is 0.560 bits per heavy atom. The quantitative estimate of drug-likeness (QED) is 0.00938. The number of likely N-dealkylation sites (tertiary alicyclic amines) is 2. The average molecular weight is 1440 g/mol. The zero-order valence-electron chi connectivity index (χ0n) is 60.7. The fraction of sp³-hybridized carbons (Fsp3) is 0.843. The van der Waals surface area contributed by atoms with Gasteiger partial charge in [-0.25, -0.2) is 9.36 Å². The highest BCUT2D eigenvalue weighted by Crippen LogP contribution is 2.43. The second kappa shape index (κ2) is 55.6. The predicted octanol–water partition coefficient (Wildman–Crippen LogP) is 7.23. The summed E-state index contributed by atoms with van der Waals surface area (Å²) in [6.07, 6.45) is 29.8. The Kier molecular flexibility index (Phi) is 50.1. The number of phosphoric ester groups is 1. The summed E-state index contributed by atoms with van der Waals surface area (Å²) in [7, 11) is -4.77. The van der Waals surface area contributed by atoms with E-state index in [1.807, 2.05) is 0 Å². The molecular weight excluding hydrogens is 1310 g/mol. The SMILES string of the molecule is CCCCCCCCCCCCCCCC(=O)OCC(COP(=O)(O)OCCNC(=O)CCCC(=O)NCC(=O)NC(C(=O)NC(CCCCN)C(=O)N1CCCC1C(=O)N1CCCC1C(=O)NC(CCCNC(=N)N)C(=O)O)C(C)O)OC(=O)CCCCCCCCCCCCCCC. The lowest BCUT2D eigenvalue weighted by atomic mass is 10.0. The molecule has 0 aromatic heterocycles. The number of carbonyl (C=O) groups excluding carboxylic acids is 9. The lowest BCUT2D eigenvalue weighted by Gasteiger charge is -2.33. The molecule has 2 fully saturated rings. The Bertz CT molecular complexity index is 2450. The Morgan fingerprint density at radius 2 is 1.07 bits per heavy atom. The van der Waals surface area contributed by atoms with Crippen LogP contribution >= 0.6 is 7.82 Å². The molecule has 2 rings (SSSR count). The topological polar surface area (TPSA) is 440 Å². The third kappa shape index (κ3) is 42.4. The Labute approximate surface area is 594 Å². The maximum absolute atomic E-state index is 14.3. The Morgan fingerprint density at radius 3 is 1.60 bits per heavy atom. The molecule has 0 bridgehead atoms. The number of hydrogen-bond donors (Lipinski definition) is 12. The molecule has 2 aliphatic rings. The molecule has 8 unspecified atom stereocenters. The summed E-state index contributed by atoms with van der Waals surface area (Å²) in [5.74, 6) is -7.33. The van der Waals surface area contributed by atoms with E-state index >= 15 is 0 Å². The van der Waals surface area contributed by atoms with Gasteiger partial charge in [0.15, 0.2) is 12.1 Å².